The van der Waals surface area contributed by atoms with Crippen molar-refractivity contribution in [1.29, 1.82) is 0 Å². The van der Waals surface area contributed by atoms with E-state index >= 15 is 0 Å². The third-order valence-electron chi connectivity index (χ3n) is 5.61. The van der Waals surface area contributed by atoms with E-state index in [1.165, 1.54) is 29.2 Å². The average Bonchev–Trinajstić information content (AvgIpc) is 3.25. The number of amides is 1. The summed E-state index contributed by atoms with van der Waals surface area (Å²) < 4.78 is 25.1. The molecule has 12 heteroatoms. The SMILES string of the molecule is CC(CCn1ccc(-c2ccc(-c3cn(CCO)nn3)cc2)cc1=O)(C(=O)NO)S(C)(=O)=O. The van der Waals surface area contributed by atoms with Crippen LogP contribution >= 0.6 is 0 Å². The summed E-state index contributed by atoms with van der Waals surface area (Å²) in [5.74, 6) is -1.05. The molecule has 1 unspecified atom stereocenters. The molecule has 2 aromatic heterocycles. The van der Waals surface area contributed by atoms with Crippen LogP contribution in [0.2, 0.25) is 0 Å². The third kappa shape index (κ3) is 5.18. The molecule has 3 N–H and O–H groups in total. The number of aromatic nitrogens is 4. The van der Waals surface area contributed by atoms with Crippen LogP contribution in [-0.2, 0) is 27.7 Å². The number of aliphatic hydroxyl groups excluding tert-OH is 1. The fourth-order valence-electron chi connectivity index (χ4n) is 3.27. The van der Waals surface area contributed by atoms with Gasteiger partial charge in [-0.25, -0.2) is 18.6 Å². The summed E-state index contributed by atoms with van der Waals surface area (Å²) in [6.45, 7) is 1.50. The molecule has 11 nitrogen and oxygen atoms in total. The number of hydroxylamine groups is 1. The van der Waals surface area contributed by atoms with Gasteiger partial charge in [0.1, 0.15) is 5.69 Å². The van der Waals surface area contributed by atoms with Gasteiger partial charge in [0.2, 0.25) is 0 Å². The zero-order valence-corrected chi connectivity index (χ0v) is 19.0. The predicted molar refractivity (Wildman–Crippen MR) is 120 cm³/mol. The second kappa shape index (κ2) is 9.65. The van der Waals surface area contributed by atoms with E-state index in [1.807, 2.05) is 24.3 Å². The third-order valence-corrected chi connectivity index (χ3v) is 7.63. The number of nitrogens with one attached hydrogen (secondary N) is 1. The van der Waals surface area contributed by atoms with Gasteiger partial charge in [-0.05, 0) is 30.5 Å². The van der Waals surface area contributed by atoms with E-state index in [4.69, 9.17) is 10.3 Å². The van der Waals surface area contributed by atoms with Crippen LogP contribution in [0.1, 0.15) is 13.3 Å². The van der Waals surface area contributed by atoms with Gasteiger partial charge in [-0.15, -0.1) is 5.10 Å². The van der Waals surface area contributed by atoms with Crippen LogP contribution in [0, 0.1) is 0 Å². The Morgan fingerprint density at radius 3 is 2.36 bits per heavy atom. The first kappa shape index (κ1) is 24.3. The van der Waals surface area contributed by atoms with Crippen LogP contribution in [0.25, 0.3) is 22.4 Å². The number of carbonyl (C=O) groups is 1. The number of pyridine rings is 1. The highest BCUT2D eigenvalue weighted by molar-refractivity contribution is 7.92. The highest BCUT2D eigenvalue weighted by Gasteiger charge is 2.43. The number of hydrogen-bond acceptors (Lipinski definition) is 8. The Balaban J connectivity index is 1.77. The number of benzene rings is 1. The van der Waals surface area contributed by atoms with Gasteiger partial charge in [0.15, 0.2) is 14.6 Å². The molecule has 2 heterocycles. The van der Waals surface area contributed by atoms with Crippen molar-refractivity contribution in [2.45, 2.75) is 31.2 Å². The fourth-order valence-corrected chi connectivity index (χ4v) is 4.11. The lowest BCUT2D eigenvalue weighted by atomic mass is 10.0. The topological polar surface area (TPSA) is 156 Å². The van der Waals surface area contributed by atoms with Gasteiger partial charge < -0.3 is 9.67 Å². The Kier molecular flexibility index (Phi) is 7.10. The summed E-state index contributed by atoms with van der Waals surface area (Å²) in [6, 6.07) is 10.5. The smallest absolute Gasteiger partial charge is 0.264 e. The van der Waals surface area contributed by atoms with Crippen LogP contribution in [0.5, 0.6) is 0 Å². The minimum atomic E-state index is -3.85. The van der Waals surface area contributed by atoms with Crippen LogP contribution < -0.4 is 11.0 Å². The summed E-state index contributed by atoms with van der Waals surface area (Å²) in [5, 5.41) is 25.9. The molecule has 0 aliphatic heterocycles. The summed E-state index contributed by atoms with van der Waals surface area (Å²) >= 11 is 0. The van der Waals surface area contributed by atoms with E-state index in [9.17, 15) is 18.0 Å². The van der Waals surface area contributed by atoms with Crippen molar-refractivity contribution in [2.24, 2.45) is 0 Å². The van der Waals surface area contributed by atoms with Gasteiger partial charge >= 0.3 is 0 Å². The maximum atomic E-state index is 12.6. The number of hydrogen-bond donors (Lipinski definition) is 3. The lowest BCUT2D eigenvalue weighted by Gasteiger charge is -2.25. The molecule has 0 spiro atoms. The molecular formula is C21H25N5O6S. The zero-order valence-electron chi connectivity index (χ0n) is 18.2. The average molecular weight is 476 g/mol. The van der Waals surface area contributed by atoms with E-state index in [0.29, 0.717) is 17.8 Å². The first-order chi connectivity index (χ1) is 15.6. The van der Waals surface area contributed by atoms with Crippen LogP contribution in [0.3, 0.4) is 0 Å². The van der Waals surface area contributed by atoms with Gasteiger partial charge in [0.05, 0.1) is 19.3 Å². The standard InChI is InChI=1S/C21H25N5O6S/c1-21(20(29)23-30,33(2,31)32)8-10-25-9-7-17(13-19(25)28)15-3-5-16(6-4-15)18-14-26(11-12-27)24-22-18/h3-7,9,13-14,27,30H,8,10-12H2,1-2H3,(H,23,29). The molecule has 1 amide bonds. The summed E-state index contributed by atoms with van der Waals surface area (Å²) in [6.07, 6.45) is 3.98. The number of rotatable bonds is 9. The van der Waals surface area contributed by atoms with Crippen LogP contribution in [0.4, 0.5) is 0 Å². The van der Waals surface area contributed by atoms with Gasteiger partial charge in [-0.2, -0.15) is 0 Å². The second-order valence-corrected chi connectivity index (χ2v) is 10.3. The van der Waals surface area contributed by atoms with E-state index in [1.54, 1.807) is 16.9 Å². The second-order valence-electron chi connectivity index (χ2n) is 7.81. The first-order valence-electron chi connectivity index (χ1n) is 10.1. The predicted octanol–water partition coefficient (Wildman–Crippen LogP) is 0.465. The van der Waals surface area contributed by atoms with Crippen molar-refractivity contribution in [1.82, 2.24) is 25.0 Å². The molecule has 0 saturated carbocycles. The quantitative estimate of drug-likeness (QED) is 0.298. The highest BCUT2D eigenvalue weighted by Crippen LogP contribution is 2.24. The summed E-state index contributed by atoms with van der Waals surface area (Å²) in [5.41, 5.74) is 3.99. The Labute approximate surface area is 190 Å². The van der Waals surface area contributed by atoms with Crippen molar-refractivity contribution < 1.29 is 23.5 Å². The largest absolute Gasteiger partial charge is 0.394 e. The Morgan fingerprint density at radius 2 is 1.79 bits per heavy atom. The maximum Gasteiger partial charge on any atom is 0.264 e. The molecule has 0 bridgehead atoms. The van der Waals surface area contributed by atoms with Gasteiger partial charge in [-0.3, -0.25) is 14.8 Å². The maximum absolute atomic E-state index is 12.6. The Bertz CT molecular complexity index is 1300. The molecule has 3 rings (SSSR count). The Morgan fingerprint density at radius 1 is 1.12 bits per heavy atom. The van der Waals surface area contributed by atoms with Crippen molar-refractivity contribution >= 4 is 15.7 Å². The molecule has 0 fully saturated rings. The number of aryl methyl sites for hydroxylation is 1. The molecule has 0 aliphatic carbocycles. The van der Waals surface area contributed by atoms with Gasteiger partial charge in [-0.1, -0.05) is 29.5 Å². The molecule has 0 aliphatic rings. The van der Waals surface area contributed by atoms with Crippen LogP contribution in [-0.4, -0.2) is 61.8 Å². The van der Waals surface area contributed by atoms with Crippen molar-refractivity contribution in [3.63, 3.8) is 0 Å². The minimum absolute atomic E-state index is 0.0292. The number of carbonyl (C=O) groups excluding carboxylic acids is 1. The number of aliphatic hydroxyl groups is 1. The molecule has 0 saturated heterocycles. The summed E-state index contributed by atoms with van der Waals surface area (Å²) in [4.78, 5) is 24.5. The normalized spacial score (nSPS) is 13.5. The molecule has 3 aromatic rings. The van der Waals surface area contributed by atoms with E-state index in [2.05, 4.69) is 10.3 Å². The summed E-state index contributed by atoms with van der Waals surface area (Å²) in [7, 11) is -3.85. The van der Waals surface area contributed by atoms with Crippen molar-refractivity contribution in [2.75, 3.05) is 12.9 Å². The lowest BCUT2D eigenvalue weighted by molar-refractivity contribution is -0.131. The molecule has 1 atom stereocenters. The molecular weight excluding hydrogens is 450 g/mol. The zero-order chi connectivity index (χ0) is 24.2. The Hall–Kier alpha value is -3.35. The fraction of sp³-hybridized carbons (Fsp3) is 0.333. The van der Waals surface area contributed by atoms with Gasteiger partial charge in [0.25, 0.3) is 11.5 Å². The monoisotopic (exact) mass is 475 g/mol. The van der Waals surface area contributed by atoms with Gasteiger partial charge in [0, 0.05) is 30.6 Å². The number of nitrogens with zero attached hydrogens (tertiary/aromatic N) is 4. The number of sulfone groups is 1. The van der Waals surface area contributed by atoms with Crippen LogP contribution in [0.15, 0.2) is 53.6 Å². The molecule has 176 valence electrons. The van der Waals surface area contributed by atoms with E-state index in [0.717, 1.165) is 17.4 Å². The molecule has 0 radical (unpaired) electrons. The van der Waals surface area contributed by atoms with Crippen molar-refractivity contribution in [3.8, 4) is 22.4 Å². The van der Waals surface area contributed by atoms with E-state index in [-0.39, 0.29) is 25.1 Å². The lowest BCUT2D eigenvalue weighted by Crippen LogP contribution is -2.49. The minimum Gasteiger partial charge on any atom is -0.394 e. The van der Waals surface area contributed by atoms with Crippen molar-refractivity contribution in [3.05, 3.63) is 59.1 Å². The highest BCUT2D eigenvalue weighted by atomic mass is 32.2. The molecule has 1 aromatic carbocycles. The molecule has 33 heavy (non-hydrogen) atoms. The first-order valence-corrected chi connectivity index (χ1v) is 11.9. The van der Waals surface area contributed by atoms with E-state index < -0.39 is 20.5 Å².